The van der Waals surface area contributed by atoms with Gasteiger partial charge in [0.15, 0.2) is 9.84 Å². The number of oxazole rings is 1. The van der Waals surface area contributed by atoms with Crippen LogP contribution in [0.3, 0.4) is 0 Å². The van der Waals surface area contributed by atoms with Gasteiger partial charge in [-0.05, 0) is 18.4 Å². The number of aliphatic hydroxyl groups excluding tert-OH is 2. The number of rotatable bonds is 6. The molecule has 0 saturated carbocycles. The fraction of sp³-hybridized carbons (Fsp3) is 0.533. The number of nitrogens with zero attached hydrogens (tertiary/aromatic N) is 2. The van der Waals surface area contributed by atoms with Gasteiger partial charge >= 0.3 is 0 Å². The summed E-state index contributed by atoms with van der Waals surface area (Å²) in [6.07, 6.45) is -0.953. The van der Waals surface area contributed by atoms with Crippen LogP contribution in [0.2, 0.25) is 0 Å². The number of aliphatic hydroxyl groups is 2. The van der Waals surface area contributed by atoms with Gasteiger partial charge in [-0.2, -0.15) is 0 Å². The Morgan fingerprint density at radius 3 is 2.83 bits per heavy atom. The Balaban J connectivity index is 1.81. The molecule has 2 N–H and O–H groups in total. The van der Waals surface area contributed by atoms with Crippen molar-refractivity contribution in [3.63, 3.8) is 0 Å². The molecule has 0 bridgehead atoms. The van der Waals surface area contributed by atoms with Crippen LogP contribution in [0.15, 0.2) is 21.9 Å². The molecule has 2 aromatic heterocycles. The summed E-state index contributed by atoms with van der Waals surface area (Å²) in [5.41, 5.74) is 0.684. The van der Waals surface area contributed by atoms with E-state index in [4.69, 9.17) is 4.42 Å². The Kier molecular flexibility index (Phi) is 5.07. The maximum absolute atomic E-state index is 11.8. The van der Waals surface area contributed by atoms with E-state index in [1.165, 1.54) is 11.3 Å². The molecule has 2 atom stereocenters. The molecule has 1 aliphatic heterocycles. The van der Waals surface area contributed by atoms with Gasteiger partial charge in [0.2, 0.25) is 5.89 Å². The van der Waals surface area contributed by atoms with E-state index in [0.29, 0.717) is 23.9 Å². The van der Waals surface area contributed by atoms with Crippen molar-refractivity contribution >= 4 is 21.2 Å². The van der Waals surface area contributed by atoms with Gasteiger partial charge in [0.1, 0.15) is 5.76 Å². The summed E-state index contributed by atoms with van der Waals surface area (Å²) >= 11 is 1.52. The lowest BCUT2D eigenvalue weighted by Gasteiger charge is -2.28. The van der Waals surface area contributed by atoms with Crippen LogP contribution in [0, 0.1) is 6.92 Å². The first-order valence-electron chi connectivity index (χ1n) is 7.63. The number of aromatic nitrogens is 1. The highest BCUT2D eigenvalue weighted by atomic mass is 32.2. The lowest BCUT2D eigenvalue weighted by molar-refractivity contribution is 0.0645. The molecule has 1 saturated heterocycles. The minimum Gasteiger partial charge on any atom is -0.440 e. The van der Waals surface area contributed by atoms with Crippen LogP contribution < -0.4 is 0 Å². The first kappa shape index (κ1) is 17.6. The highest BCUT2D eigenvalue weighted by Gasteiger charge is 2.40. The maximum atomic E-state index is 11.8. The fourth-order valence-corrected chi connectivity index (χ4v) is 5.40. The van der Waals surface area contributed by atoms with Crippen molar-refractivity contribution in [1.29, 1.82) is 0 Å². The minimum atomic E-state index is -3.26. The Bertz CT molecular complexity index is 785. The smallest absolute Gasteiger partial charge is 0.236 e. The molecular formula is C15H20N2O5S2. The summed E-state index contributed by atoms with van der Waals surface area (Å²) in [5, 5.41) is 21.3. The van der Waals surface area contributed by atoms with Crippen molar-refractivity contribution in [3.8, 4) is 10.8 Å². The minimum absolute atomic E-state index is 0.108. The molecule has 3 heterocycles. The molecule has 0 radical (unpaired) electrons. The molecule has 9 heteroatoms. The van der Waals surface area contributed by atoms with E-state index in [9.17, 15) is 18.6 Å². The normalized spacial score (nSPS) is 23.2. The molecule has 2 aromatic rings. The molecule has 24 heavy (non-hydrogen) atoms. The highest BCUT2D eigenvalue weighted by Crippen LogP contribution is 2.27. The molecule has 132 valence electrons. The third kappa shape index (κ3) is 3.70. The number of sulfone groups is 1. The van der Waals surface area contributed by atoms with E-state index < -0.39 is 22.0 Å². The lowest BCUT2D eigenvalue weighted by atomic mass is 10.1. The molecule has 0 spiro atoms. The second-order valence-corrected chi connectivity index (χ2v) is 9.01. The second kappa shape index (κ2) is 6.93. The van der Waals surface area contributed by atoms with Crippen LogP contribution in [0.4, 0.5) is 0 Å². The lowest BCUT2D eigenvalue weighted by Crippen LogP contribution is -2.44. The van der Waals surface area contributed by atoms with Gasteiger partial charge < -0.3 is 14.6 Å². The summed E-state index contributed by atoms with van der Waals surface area (Å²) in [4.78, 5) is 7.18. The standard InChI is InChI=1S/C15H20N2O5S2/c1-10-11(16-15(22-10)14-3-2-6-23-14)7-17(4-5-18)12-8-24(20,21)9-13(12)19/h2-3,6,12-13,18-19H,4-5,7-9H2,1H3/t12-,13-/m0/s1. The van der Waals surface area contributed by atoms with E-state index in [2.05, 4.69) is 4.98 Å². The summed E-state index contributed by atoms with van der Waals surface area (Å²) in [6.45, 7) is 2.26. The van der Waals surface area contributed by atoms with Crippen LogP contribution in [0.1, 0.15) is 11.5 Å². The van der Waals surface area contributed by atoms with Gasteiger partial charge in [-0.3, -0.25) is 4.90 Å². The van der Waals surface area contributed by atoms with Crippen LogP contribution >= 0.6 is 11.3 Å². The summed E-state index contributed by atoms with van der Waals surface area (Å²) in [7, 11) is -3.26. The topological polar surface area (TPSA) is 104 Å². The number of hydrogen-bond acceptors (Lipinski definition) is 8. The number of thiophene rings is 1. The molecular weight excluding hydrogens is 352 g/mol. The van der Waals surface area contributed by atoms with Crippen LogP contribution in [0.5, 0.6) is 0 Å². The monoisotopic (exact) mass is 372 g/mol. The first-order valence-corrected chi connectivity index (χ1v) is 10.3. The Hall–Kier alpha value is -1.26. The Morgan fingerprint density at radius 1 is 1.46 bits per heavy atom. The van der Waals surface area contributed by atoms with Crippen molar-refractivity contribution in [3.05, 3.63) is 29.0 Å². The summed E-state index contributed by atoms with van der Waals surface area (Å²) < 4.78 is 29.2. The van der Waals surface area contributed by atoms with E-state index in [1.807, 2.05) is 17.5 Å². The first-order chi connectivity index (χ1) is 11.4. The SMILES string of the molecule is Cc1oc(-c2cccs2)nc1CN(CCO)[C@H]1CS(=O)(=O)C[C@@H]1O. The van der Waals surface area contributed by atoms with Gasteiger partial charge in [-0.1, -0.05) is 6.07 Å². The van der Waals surface area contributed by atoms with Gasteiger partial charge in [-0.15, -0.1) is 11.3 Å². The third-order valence-corrected chi connectivity index (χ3v) is 6.68. The van der Waals surface area contributed by atoms with Crippen LogP contribution in [0.25, 0.3) is 10.8 Å². The van der Waals surface area contributed by atoms with Crippen LogP contribution in [-0.2, 0) is 16.4 Å². The van der Waals surface area contributed by atoms with Crippen molar-refractivity contribution < 1.29 is 23.0 Å². The van der Waals surface area contributed by atoms with Crippen molar-refractivity contribution in [2.45, 2.75) is 25.6 Å². The molecule has 0 unspecified atom stereocenters. The maximum Gasteiger partial charge on any atom is 0.236 e. The summed E-state index contributed by atoms with van der Waals surface area (Å²) in [5.74, 6) is 0.832. The van der Waals surface area contributed by atoms with Gasteiger partial charge in [0.05, 0.1) is 40.8 Å². The zero-order valence-electron chi connectivity index (χ0n) is 13.3. The molecule has 1 fully saturated rings. The quantitative estimate of drug-likeness (QED) is 0.768. The molecule has 0 aromatic carbocycles. The Labute approximate surface area is 144 Å². The van der Waals surface area contributed by atoms with Gasteiger partial charge in [0, 0.05) is 13.1 Å². The van der Waals surface area contributed by atoms with E-state index in [1.54, 1.807) is 11.8 Å². The molecule has 0 amide bonds. The van der Waals surface area contributed by atoms with E-state index in [0.717, 1.165) is 4.88 Å². The summed E-state index contributed by atoms with van der Waals surface area (Å²) in [6, 6.07) is 3.29. The average molecular weight is 372 g/mol. The molecule has 3 rings (SSSR count). The Morgan fingerprint density at radius 2 is 2.25 bits per heavy atom. The third-order valence-electron chi connectivity index (χ3n) is 4.13. The van der Waals surface area contributed by atoms with E-state index >= 15 is 0 Å². The van der Waals surface area contributed by atoms with Crippen molar-refractivity contribution in [1.82, 2.24) is 9.88 Å². The van der Waals surface area contributed by atoms with Crippen molar-refractivity contribution in [2.75, 3.05) is 24.7 Å². The van der Waals surface area contributed by atoms with E-state index in [-0.39, 0.29) is 24.7 Å². The fourth-order valence-electron chi connectivity index (χ4n) is 2.92. The number of aryl methyl sites for hydroxylation is 1. The van der Waals surface area contributed by atoms with Crippen molar-refractivity contribution in [2.24, 2.45) is 0 Å². The van der Waals surface area contributed by atoms with Gasteiger partial charge in [-0.25, -0.2) is 13.4 Å². The van der Waals surface area contributed by atoms with Gasteiger partial charge in [0.25, 0.3) is 0 Å². The second-order valence-electron chi connectivity index (χ2n) is 5.90. The largest absolute Gasteiger partial charge is 0.440 e. The highest BCUT2D eigenvalue weighted by molar-refractivity contribution is 7.91. The predicted molar refractivity (Wildman–Crippen MR) is 90.5 cm³/mol. The molecule has 0 aliphatic carbocycles. The zero-order chi connectivity index (χ0) is 17.3. The molecule has 7 nitrogen and oxygen atoms in total. The van der Waals surface area contributed by atoms with Crippen LogP contribution in [-0.4, -0.2) is 65.3 Å². The average Bonchev–Trinajstić information content (AvgIpc) is 3.19. The zero-order valence-corrected chi connectivity index (χ0v) is 14.9. The number of hydrogen-bond donors (Lipinski definition) is 2. The predicted octanol–water partition coefficient (Wildman–Crippen LogP) is 0.664. The molecule has 1 aliphatic rings.